The van der Waals surface area contributed by atoms with Crippen molar-refractivity contribution in [3.8, 4) is 0 Å². The van der Waals surface area contributed by atoms with Gasteiger partial charge in [0.05, 0.1) is 19.3 Å². The number of hydrogen-bond donors (Lipinski definition) is 2. The summed E-state index contributed by atoms with van der Waals surface area (Å²) in [5, 5.41) is 11.6. The second-order valence-corrected chi connectivity index (χ2v) is 5.87. The average Bonchev–Trinajstić information content (AvgIpc) is 3.03. The van der Waals surface area contributed by atoms with Gasteiger partial charge in [0.2, 0.25) is 5.91 Å². The number of ether oxygens (including phenoxy) is 1. The lowest BCUT2D eigenvalue weighted by Crippen LogP contribution is -2.53. The summed E-state index contributed by atoms with van der Waals surface area (Å²) in [6.45, 7) is 2.75. The molecule has 0 aromatic heterocycles. The van der Waals surface area contributed by atoms with E-state index in [0.717, 1.165) is 18.2 Å². The third-order valence-electron chi connectivity index (χ3n) is 3.49. The van der Waals surface area contributed by atoms with Crippen LogP contribution in [0.25, 0.3) is 0 Å². The van der Waals surface area contributed by atoms with Gasteiger partial charge < -0.3 is 20.1 Å². The van der Waals surface area contributed by atoms with Crippen LogP contribution in [0.15, 0.2) is 0 Å². The van der Waals surface area contributed by atoms with E-state index < -0.39 is 24.0 Å². The van der Waals surface area contributed by atoms with Crippen LogP contribution >= 0.6 is 11.8 Å². The van der Waals surface area contributed by atoms with E-state index >= 15 is 0 Å². The Morgan fingerprint density at radius 1 is 1.50 bits per heavy atom. The molecule has 2 heterocycles. The summed E-state index contributed by atoms with van der Waals surface area (Å²) < 4.78 is 5.22. The van der Waals surface area contributed by atoms with E-state index in [4.69, 9.17) is 4.74 Å². The molecule has 112 valence electrons. The number of hydrogen-bond acceptors (Lipinski definition) is 5. The number of amides is 2. The van der Waals surface area contributed by atoms with Crippen molar-refractivity contribution in [3.05, 3.63) is 0 Å². The number of nitrogens with zero attached hydrogens (tertiary/aromatic N) is 1. The Labute approximate surface area is 121 Å². The van der Waals surface area contributed by atoms with Crippen LogP contribution in [0, 0.1) is 5.92 Å². The molecule has 0 spiro atoms. The summed E-state index contributed by atoms with van der Waals surface area (Å²) in [4.78, 5) is 36.5. The van der Waals surface area contributed by atoms with Gasteiger partial charge in [-0.15, -0.1) is 0 Å². The molecule has 3 atom stereocenters. The molecule has 3 unspecified atom stereocenters. The van der Waals surface area contributed by atoms with E-state index in [1.54, 1.807) is 4.90 Å². The molecule has 8 heteroatoms. The van der Waals surface area contributed by atoms with Gasteiger partial charge in [0.1, 0.15) is 12.0 Å². The SMILES string of the molecule is CCCN(C(=O)C1CSC(=O)N1)C1COCC1C(=O)O. The van der Waals surface area contributed by atoms with E-state index in [9.17, 15) is 19.5 Å². The first-order valence-electron chi connectivity index (χ1n) is 6.59. The van der Waals surface area contributed by atoms with Crippen molar-refractivity contribution in [3.63, 3.8) is 0 Å². The van der Waals surface area contributed by atoms with Crippen LogP contribution in [0.1, 0.15) is 13.3 Å². The first-order valence-corrected chi connectivity index (χ1v) is 7.57. The van der Waals surface area contributed by atoms with Crippen LogP contribution in [-0.2, 0) is 14.3 Å². The fourth-order valence-corrected chi connectivity index (χ4v) is 3.25. The number of rotatable bonds is 5. The zero-order valence-electron chi connectivity index (χ0n) is 11.2. The molecule has 2 aliphatic heterocycles. The first-order chi connectivity index (χ1) is 9.54. The summed E-state index contributed by atoms with van der Waals surface area (Å²) in [6, 6.07) is -1.02. The number of carbonyl (C=O) groups excluding carboxylic acids is 2. The summed E-state index contributed by atoms with van der Waals surface area (Å²) in [7, 11) is 0. The number of nitrogens with one attached hydrogen (secondary N) is 1. The molecular formula is C12H18N2O5S. The maximum atomic E-state index is 12.5. The molecule has 0 radical (unpaired) electrons. The zero-order valence-corrected chi connectivity index (χ0v) is 12.0. The molecule has 2 rings (SSSR count). The summed E-state index contributed by atoms with van der Waals surface area (Å²) in [5.74, 6) is -1.48. The van der Waals surface area contributed by atoms with Crippen LogP contribution in [0.3, 0.4) is 0 Å². The van der Waals surface area contributed by atoms with Gasteiger partial charge >= 0.3 is 5.97 Å². The number of aliphatic carboxylic acids is 1. The van der Waals surface area contributed by atoms with Crippen molar-refractivity contribution >= 4 is 28.9 Å². The lowest BCUT2D eigenvalue weighted by Gasteiger charge is -2.32. The van der Waals surface area contributed by atoms with Crippen LogP contribution < -0.4 is 5.32 Å². The smallest absolute Gasteiger partial charge is 0.311 e. The molecule has 20 heavy (non-hydrogen) atoms. The summed E-state index contributed by atoms with van der Waals surface area (Å²) >= 11 is 1.07. The summed E-state index contributed by atoms with van der Waals surface area (Å²) in [5.41, 5.74) is 0. The van der Waals surface area contributed by atoms with Gasteiger partial charge in [-0.25, -0.2) is 0 Å². The Morgan fingerprint density at radius 2 is 2.25 bits per heavy atom. The standard InChI is InChI=1S/C12H18N2O5S/c1-2-3-14(9-5-19-4-7(9)11(16)17)10(15)8-6-20-12(18)13-8/h7-9H,2-6H2,1H3,(H,13,18)(H,16,17). The van der Waals surface area contributed by atoms with Crippen molar-refractivity contribution in [1.82, 2.24) is 10.2 Å². The molecule has 0 bridgehead atoms. The van der Waals surface area contributed by atoms with Crippen molar-refractivity contribution in [2.45, 2.75) is 25.4 Å². The van der Waals surface area contributed by atoms with E-state index in [2.05, 4.69) is 5.32 Å². The zero-order chi connectivity index (χ0) is 14.7. The predicted octanol–water partition coefficient (Wildman–Crippen LogP) is 0.150. The normalized spacial score (nSPS) is 29.2. The molecule has 0 aromatic rings. The fraction of sp³-hybridized carbons (Fsp3) is 0.750. The van der Waals surface area contributed by atoms with Gasteiger partial charge in [-0.05, 0) is 6.42 Å². The van der Waals surface area contributed by atoms with E-state index in [0.29, 0.717) is 12.3 Å². The molecule has 2 N–H and O–H groups in total. The Morgan fingerprint density at radius 3 is 2.80 bits per heavy atom. The first kappa shape index (κ1) is 15.1. The third kappa shape index (κ3) is 3.06. The molecule has 2 amide bonds. The molecular weight excluding hydrogens is 284 g/mol. The van der Waals surface area contributed by atoms with Crippen molar-refractivity contribution in [2.24, 2.45) is 5.92 Å². The maximum Gasteiger partial charge on any atom is 0.311 e. The highest BCUT2D eigenvalue weighted by Gasteiger charge is 2.42. The summed E-state index contributed by atoms with van der Waals surface area (Å²) in [6.07, 6.45) is 0.725. The number of thioether (sulfide) groups is 1. The second kappa shape index (κ2) is 6.45. The van der Waals surface area contributed by atoms with Crippen molar-refractivity contribution in [2.75, 3.05) is 25.5 Å². The minimum Gasteiger partial charge on any atom is -0.481 e. The predicted molar refractivity (Wildman–Crippen MR) is 72.5 cm³/mol. The fourth-order valence-electron chi connectivity index (χ4n) is 2.48. The van der Waals surface area contributed by atoms with Crippen molar-refractivity contribution in [1.29, 1.82) is 0 Å². The average molecular weight is 302 g/mol. The Kier molecular flexibility index (Phi) is 4.87. The third-order valence-corrected chi connectivity index (χ3v) is 4.37. The van der Waals surface area contributed by atoms with E-state index in [1.165, 1.54) is 0 Å². The number of carboxylic acid groups (broad SMARTS) is 1. The van der Waals surface area contributed by atoms with E-state index in [-0.39, 0.29) is 24.4 Å². The molecule has 0 saturated carbocycles. The van der Waals surface area contributed by atoms with E-state index in [1.807, 2.05) is 6.92 Å². The number of carbonyl (C=O) groups is 3. The molecule has 2 saturated heterocycles. The molecule has 0 aromatic carbocycles. The number of carboxylic acids is 1. The quantitative estimate of drug-likeness (QED) is 0.750. The maximum absolute atomic E-state index is 12.5. The topological polar surface area (TPSA) is 95.9 Å². The monoisotopic (exact) mass is 302 g/mol. The van der Waals surface area contributed by atoms with Gasteiger partial charge in [-0.1, -0.05) is 18.7 Å². The minimum absolute atomic E-state index is 0.124. The largest absolute Gasteiger partial charge is 0.481 e. The van der Waals surface area contributed by atoms with Gasteiger partial charge in [-0.3, -0.25) is 14.4 Å². The lowest BCUT2D eigenvalue weighted by molar-refractivity contribution is -0.145. The Balaban J connectivity index is 2.11. The Hall–Kier alpha value is -1.28. The highest BCUT2D eigenvalue weighted by molar-refractivity contribution is 8.14. The molecule has 2 fully saturated rings. The van der Waals surface area contributed by atoms with Crippen LogP contribution in [-0.4, -0.2) is 64.7 Å². The molecule has 2 aliphatic rings. The van der Waals surface area contributed by atoms with Gasteiger partial charge in [0.25, 0.3) is 5.24 Å². The minimum atomic E-state index is -0.953. The van der Waals surface area contributed by atoms with Crippen LogP contribution in [0.2, 0.25) is 0 Å². The van der Waals surface area contributed by atoms with Gasteiger partial charge in [0, 0.05) is 12.3 Å². The van der Waals surface area contributed by atoms with Gasteiger partial charge in [0.15, 0.2) is 0 Å². The van der Waals surface area contributed by atoms with Crippen LogP contribution in [0.4, 0.5) is 4.79 Å². The van der Waals surface area contributed by atoms with Crippen LogP contribution in [0.5, 0.6) is 0 Å². The molecule has 7 nitrogen and oxygen atoms in total. The highest BCUT2D eigenvalue weighted by atomic mass is 32.2. The van der Waals surface area contributed by atoms with Crippen molar-refractivity contribution < 1.29 is 24.2 Å². The highest BCUT2D eigenvalue weighted by Crippen LogP contribution is 2.23. The molecule has 0 aliphatic carbocycles. The Bertz CT molecular complexity index is 417. The lowest BCUT2D eigenvalue weighted by atomic mass is 10.0. The second-order valence-electron chi connectivity index (χ2n) is 4.88. The van der Waals surface area contributed by atoms with Gasteiger partial charge in [-0.2, -0.15) is 0 Å².